The second-order valence-electron chi connectivity index (χ2n) is 7.24. The van der Waals surface area contributed by atoms with Crippen LogP contribution in [0.5, 0.6) is 0 Å². The third-order valence-corrected chi connectivity index (χ3v) is 5.86. The van der Waals surface area contributed by atoms with Gasteiger partial charge in [-0.15, -0.1) is 0 Å². The van der Waals surface area contributed by atoms with Gasteiger partial charge in [0.25, 0.3) is 5.91 Å². The number of hydrogen-bond donors (Lipinski definition) is 2. The van der Waals surface area contributed by atoms with Gasteiger partial charge in [-0.2, -0.15) is 0 Å². The summed E-state index contributed by atoms with van der Waals surface area (Å²) in [6.45, 7) is 4.25. The molecule has 0 aliphatic carbocycles. The van der Waals surface area contributed by atoms with Crippen molar-refractivity contribution >= 4 is 34.1 Å². The van der Waals surface area contributed by atoms with Crippen molar-refractivity contribution in [2.24, 2.45) is 0 Å². The lowest BCUT2D eigenvalue weighted by Crippen LogP contribution is -2.71. The smallest absolute Gasteiger partial charge is 0.410 e. The number of rotatable bonds is 6. The molecule has 2 aliphatic heterocycles. The number of carbonyl (C=O) groups is 4. The first-order valence-corrected chi connectivity index (χ1v) is 10.2. The maximum Gasteiger partial charge on any atom is 0.410 e. The summed E-state index contributed by atoms with van der Waals surface area (Å²) < 4.78 is 40.0. The fourth-order valence-corrected chi connectivity index (χ4v) is 4.87. The number of fused-ring (bicyclic) bond motifs is 1. The Kier molecular flexibility index (Phi) is 6.35. The summed E-state index contributed by atoms with van der Waals surface area (Å²) in [7, 11) is -2.94. The highest BCUT2D eigenvalue weighted by molar-refractivity contribution is 7.92. The van der Waals surface area contributed by atoms with E-state index in [4.69, 9.17) is 9.47 Å². The Bertz CT molecular complexity index is 857. The molecule has 2 amide bonds. The average Bonchev–Trinajstić information content (AvgIpc) is 2.58. The van der Waals surface area contributed by atoms with Gasteiger partial charge in [-0.25, -0.2) is 18.0 Å². The molecule has 0 saturated carbocycles. The fraction of sp³-hybridized carbons (Fsp3) is 0.625. The Morgan fingerprint density at radius 3 is 2.52 bits per heavy atom. The molecule has 0 aromatic rings. The first-order chi connectivity index (χ1) is 13.3. The second kappa shape index (κ2) is 8.08. The van der Waals surface area contributed by atoms with Crippen LogP contribution in [0.1, 0.15) is 20.8 Å². The van der Waals surface area contributed by atoms with Crippen molar-refractivity contribution in [2.75, 3.05) is 19.4 Å². The molecule has 0 radical (unpaired) electrons. The lowest BCUT2D eigenvalue weighted by Gasteiger charge is -2.48. The van der Waals surface area contributed by atoms with E-state index < -0.39 is 74.7 Å². The number of aliphatic hydroxyl groups is 1. The van der Waals surface area contributed by atoms with E-state index in [-0.39, 0.29) is 0 Å². The van der Waals surface area contributed by atoms with Crippen LogP contribution < -0.4 is 5.32 Å². The molecule has 0 aromatic carbocycles. The molecule has 2 heterocycles. The molecule has 29 heavy (non-hydrogen) atoms. The number of nitrogens with zero attached hydrogens (tertiary/aromatic N) is 1. The number of methoxy groups -OCH3 is 1. The average molecular weight is 434 g/mol. The second-order valence-corrected chi connectivity index (χ2v) is 9.34. The Morgan fingerprint density at radius 1 is 1.38 bits per heavy atom. The highest BCUT2D eigenvalue weighted by Gasteiger charge is 2.61. The Morgan fingerprint density at radius 2 is 2.00 bits per heavy atom. The summed E-state index contributed by atoms with van der Waals surface area (Å²) in [5, 5.41) is 10.8. The lowest BCUT2D eigenvalue weighted by atomic mass is 10.0. The van der Waals surface area contributed by atoms with Crippen LogP contribution in [0, 0.1) is 0 Å². The summed E-state index contributed by atoms with van der Waals surface area (Å²) in [6.07, 6.45) is -4.37. The SMILES string of the molecule is COC1C(=O)N2C(C(=O)OC(C)(C)C)=C(C(O)OC(=O)NCC=O)CS(=O)(=O)C12. The van der Waals surface area contributed by atoms with Gasteiger partial charge < -0.3 is 29.4 Å². The van der Waals surface area contributed by atoms with Crippen molar-refractivity contribution in [3.05, 3.63) is 11.3 Å². The predicted octanol–water partition coefficient (Wildman–Crippen LogP) is -1.56. The van der Waals surface area contributed by atoms with Crippen LogP contribution in [0.3, 0.4) is 0 Å². The quantitative estimate of drug-likeness (QED) is 0.216. The van der Waals surface area contributed by atoms with Gasteiger partial charge in [0, 0.05) is 12.7 Å². The van der Waals surface area contributed by atoms with Crippen LogP contribution in [0.25, 0.3) is 0 Å². The minimum Gasteiger partial charge on any atom is -0.455 e. The van der Waals surface area contributed by atoms with Gasteiger partial charge in [0.15, 0.2) is 21.3 Å². The van der Waals surface area contributed by atoms with E-state index >= 15 is 0 Å². The number of amides is 2. The maximum atomic E-state index is 12.7. The van der Waals surface area contributed by atoms with Crippen molar-refractivity contribution in [1.29, 1.82) is 0 Å². The van der Waals surface area contributed by atoms with E-state index in [1.165, 1.54) is 0 Å². The van der Waals surface area contributed by atoms with Crippen LogP contribution in [-0.4, -0.2) is 85.5 Å². The van der Waals surface area contributed by atoms with Crippen LogP contribution >= 0.6 is 0 Å². The highest BCUT2D eigenvalue weighted by Crippen LogP contribution is 2.39. The minimum atomic E-state index is -4.09. The zero-order valence-electron chi connectivity index (χ0n) is 16.2. The normalized spacial score (nSPS) is 24.2. The summed E-state index contributed by atoms with van der Waals surface area (Å²) in [5.74, 6) is -2.78. The fourth-order valence-electron chi connectivity index (χ4n) is 2.85. The zero-order valence-corrected chi connectivity index (χ0v) is 17.0. The Labute approximate surface area is 166 Å². The monoisotopic (exact) mass is 434 g/mol. The number of carbonyl (C=O) groups excluding carboxylic acids is 4. The standard InChI is InChI=1S/C16H22N2O10S/c1-16(2,3)28-14(22)9-8(13(21)27-15(23)17-5-6-19)7-29(24,25)12-10(26-4)11(20)18(9)12/h6,10,12-13,21H,5,7H2,1-4H3,(H,17,23). The van der Waals surface area contributed by atoms with Gasteiger partial charge in [-0.1, -0.05) is 0 Å². The molecule has 3 unspecified atom stereocenters. The van der Waals surface area contributed by atoms with Gasteiger partial charge >= 0.3 is 12.1 Å². The first-order valence-electron chi connectivity index (χ1n) is 8.44. The zero-order chi connectivity index (χ0) is 22.1. The third-order valence-electron chi connectivity index (χ3n) is 3.96. The topological polar surface area (TPSA) is 166 Å². The maximum absolute atomic E-state index is 12.7. The van der Waals surface area contributed by atoms with E-state index in [2.05, 4.69) is 4.74 Å². The largest absolute Gasteiger partial charge is 0.455 e. The number of nitrogens with one attached hydrogen (secondary N) is 1. The number of aliphatic hydroxyl groups excluding tert-OH is 1. The number of alkyl carbamates (subject to hydrolysis) is 1. The molecule has 0 aromatic heterocycles. The molecule has 1 fully saturated rings. The molecule has 0 bridgehead atoms. The van der Waals surface area contributed by atoms with Crippen LogP contribution in [0.2, 0.25) is 0 Å². The molecular formula is C16H22N2O10S. The van der Waals surface area contributed by atoms with Gasteiger partial charge in [0.05, 0.1) is 12.3 Å². The van der Waals surface area contributed by atoms with E-state index in [1.54, 1.807) is 20.8 Å². The van der Waals surface area contributed by atoms with Crippen molar-refractivity contribution in [2.45, 2.75) is 44.1 Å². The number of hydrogen-bond acceptors (Lipinski definition) is 10. The van der Waals surface area contributed by atoms with E-state index in [1.807, 2.05) is 5.32 Å². The van der Waals surface area contributed by atoms with Crippen LogP contribution in [0.15, 0.2) is 11.3 Å². The number of ether oxygens (including phenoxy) is 3. The van der Waals surface area contributed by atoms with E-state index in [0.717, 1.165) is 7.11 Å². The van der Waals surface area contributed by atoms with Crippen molar-refractivity contribution in [1.82, 2.24) is 10.2 Å². The molecule has 2 N–H and O–H groups in total. The molecular weight excluding hydrogens is 412 g/mol. The lowest BCUT2D eigenvalue weighted by molar-refractivity contribution is -0.168. The van der Waals surface area contributed by atoms with E-state index in [9.17, 15) is 32.7 Å². The van der Waals surface area contributed by atoms with Crippen LogP contribution in [0.4, 0.5) is 4.79 Å². The summed E-state index contributed by atoms with van der Waals surface area (Å²) in [4.78, 5) is 47.6. The minimum absolute atomic E-state index is 0.359. The molecule has 1 saturated heterocycles. The molecule has 3 atom stereocenters. The summed E-state index contributed by atoms with van der Waals surface area (Å²) in [5.41, 5.74) is -2.07. The molecule has 2 rings (SSSR count). The van der Waals surface area contributed by atoms with E-state index in [0.29, 0.717) is 11.2 Å². The van der Waals surface area contributed by atoms with Gasteiger partial charge in [-0.05, 0) is 20.8 Å². The number of aldehydes is 1. The van der Waals surface area contributed by atoms with Gasteiger partial charge in [0.1, 0.15) is 17.6 Å². The predicted molar refractivity (Wildman–Crippen MR) is 94.6 cm³/mol. The molecule has 12 nitrogen and oxygen atoms in total. The van der Waals surface area contributed by atoms with Gasteiger partial charge in [-0.3, -0.25) is 9.69 Å². The first kappa shape index (κ1) is 22.8. The van der Waals surface area contributed by atoms with Crippen molar-refractivity contribution in [3.63, 3.8) is 0 Å². The summed E-state index contributed by atoms with van der Waals surface area (Å²) >= 11 is 0. The van der Waals surface area contributed by atoms with Crippen molar-refractivity contribution in [3.8, 4) is 0 Å². The van der Waals surface area contributed by atoms with Crippen LogP contribution in [-0.2, 0) is 38.4 Å². The number of esters is 1. The van der Waals surface area contributed by atoms with Crippen molar-refractivity contribution < 1.29 is 46.9 Å². The number of β-lactam (4-membered cyclic amide) rings is 1. The number of sulfone groups is 1. The molecule has 13 heteroatoms. The molecule has 0 spiro atoms. The Hall–Kier alpha value is -2.51. The van der Waals surface area contributed by atoms with Gasteiger partial charge in [0.2, 0.25) is 6.29 Å². The molecule has 162 valence electrons. The molecule has 2 aliphatic rings. The highest BCUT2D eigenvalue weighted by atomic mass is 32.2. The Balaban J connectivity index is 2.48. The third kappa shape index (κ3) is 4.57. The summed E-state index contributed by atoms with van der Waals surface area (Å²) in [6, 6.07) is 0.